The Morgan fingerprint density at radius 2 is 2.06 bits per heavy atom. The van der Waals surface area contributed by atoms with E-state index in [1.165, 1.54) is 19.2 Å². The summed E-state index contributed by atoms with van der Waals surface area (Å²) in [6.45, 7) is 3.27. The molecule has 5 heteroatoms. The van der Waals surface area contributed by atoms with E-state index >= 15 is 0 Å². The lowest BCUT2D eigenvalue weighted by Gasteiger charge is -2.10. The smallest absolute Gasteiger partial charge is 0.312 e. The van der Waals surface area contributed by atoms with Gasteiger partial charge in [0.2, 0.25) is 0 Å². The van der Waals surface area contributed by atoms with Crippen molar-refractivity contribution in [3.8, 4) is 0 Å². The Hall–Kier alpha value is -1.36. The Labute approximate surface area is 102 Å². The quantitative estimate of drug-likeness (QED) is 0.770. The standard InChI is InChI=1S/C12H16O4S/c1-4-17(14,15)11-7-5-6-10(8-11)9(2)12(13)16-3/h5-9H,4H2,1-3H3. The molecule has 0 aromatic heterocycles. The molecule has 0 aliphatic carbocycles. The van der Waals surface area contributed by atoms with Crippen LogP contribution < -0.4 is 0 Å². The molecule has 1 rings (SSSR count). The Bertz CT molecular complexity index is 505. The van der Waals surface area contributed by atoms with Gasteiger partial charge in [-0.3, -0.25) is 4.79 Å². The largest absolute Gasteiger partial charge is 0.469 e. The highest BCUT2D eigenvalue weighted by Crippen LogP contribution is 2.20. The van der Waals surface area contributed by atoms with Crippen LogP contribution in [0.5, 0.6) is 0 Å². The molecule has 1 unspecified atom stereocenters. The number of hydrogen-bond acceptors (Lipinski definition) is 4. The predicted octanol–water partition coefficient (Wildman–Crippen LogP) is 1.76. The van der Waals surface area contributed by atoms with Gasteiger partial charge in [0, 0.05) is 0 Å². The number of rotatable bonds is 4. The van der Waals surface area contributed by atoms with E-state index in [-0.39, 0.29) is 16.6 Å². The molecule has 0 heterocycles. The van der Waals surface area contributed by atoms with Crippen molar-refractivity contribution in [3.05, 3.63) is 29.8 Å². The summed E-state index contributed by atoms with van der Waals surface area (Å²) in [5, 5.41) is 0. The van der Waals surface area contributed by atoms with Gasteiger partial charge in [0.05, 0.1) is 23.7 Å². The molecule has 0 saturated heterocycles. The third kappa shape index (κ3) is 3.06. The summed E-state index contributed by atoms with van der Waals surface area (Å²) in [5.74, 6) is -0.800. The molecule has 0 saturated carbocycles. The second-order valence-electron chi connectivity index (χ2n) is 3.72. The van der Waals surface area contributed by atoms with Crippen LogP contribution in [-0.4, -0.2) is 27.2 Å². The van der Waals surface area contributed by atoms with Gasteiger partial charge >= 0.3 is 5.97 Å². The zero-order valence-electron chi connectivity index (χ0n) is 10.1. The monoisotopic (exact) mass is 256 g/mol. The molecule has 0 amide bonds. The van der Waals surface area contributed by atoms with Gasteiger partial charge in [-0.25, -0.2) is 8.42 Å². The maximum Gasteiger partial charge on any atom is 0.312 e. The molecule has 1 atom stereocenters. The molecule has 0 radical (unpaired) electrons. The molecular formula is C12H16O4S. The highest BCUT2D eigenvalue weighted by Gasteiger charge is 2.18. The number of methoxy groups -OCH3 is 1. The molecule has 0 aliphatic rings. The van der Waals surface area contributed by atoms with Gasteiger partial charge in [0.15, 0.2) is 9.84 Å². The maximum absolute atomic E-state index is 11.7. The average Bonchev–Trinajstić information content (AvgIpc) is 2.37. The summed E-state index contributed by atoms with van der Waals surface area (Å²) in [6.07, 6.45) is 0. The van der Waals surface area contributed by atoms with Crippen LogP contribution in [-0.2, 0) is 19.4 Å². The number of hydrogen-bond donors (Lipinski definition) is 0. The summed E-state index contributed by atoms with van der Waals surface area (Å²) in [4.78, 5) is 11.6. The van der Waals surface area contributed by atoms with E-state index in [1.807, 2.05) is 0 Å². The first-order valence-corrected chi connectivity index (χ1v) is 6.98. The first kappa shape index (κ1) is 13.7. The minimum Gasteiger partial charge on any atom is -0.469 e. The van der Waals surface area contributed by atoms with E-state index in [1.54, 1.807) is 26.0 Å². The zero-order chi connectivity index (χ0) is 13.1. The van der Waals surface area contributed by atoms with Crippen molar-refractivity contribution < 1.29 is 17.9 Å². The van der Waals surface area contributed by atoms with Gasteiger partial charge in [-0.2, -0.15) is 0 Å². The minimum absolute atomic E-state index is 0.0447. The van der Waals surface area contributed by atoms with Crippen molar-refractivity contribution >= 4 is 15.8 Å². The number of esters is 1. The fourth-order valence-electron chi connectivity index (χ4n) is 1.46. The lowest BCUT2D eigenvalue weighted by Crippen LogP contribution is -2.12. The fourth-order valence-corrected chi connectivity index (χ4v) is 2.39. The van der Waals surface area contributed by atoms with Gasteiger partial charge in [0.1, 0.15) is 0 Å². The highest BCUT2D eigenvalue weighted by molar-refractivity contribution is 7.91. The van der Waals surface area contributed by atoms with Gasteiger partial charge in [-0.1, -0.05) is 19.1 Å². The predicted molar refractivity (Wildman–Crippen MR) is 64.6 cm³/mol. The molecule has 94 valence electrons. The number of ether oxygens (including phenoxy) is 1. The highest BCUT2D eigenvalue weighted by atomic mass is 32.2. The molecule has 0 bridgehead atoms. The SMILES string of the molecule is CCS(=O)(=O)c1cccc(C(C)C(=O)OC)c1. The number of benzene rings is 1. The van der Waals surface area contributed by atoms with Crippen LogP contribution >= 0.6 is 0 Å². The van der Waals surface area contributed by atoms with E-state index in [0.29, 0.717) is 5.56 Å². The number of sulfone groups is 1. The molecule has 0 aliphatic heterocycles. The van der Waals surface area contributed by atoms with E-state index in [0.717, 1.165) is 0 Å². The summed E-state index contributed by atoms with van der Waals surface area (Å²) in [5.41, 5.74) is 0.645. The number of carbonyl (C=O) groups excluding carboxylic acids is 1. The topological polar surface area (TPSA) is 60.4 Å². The Morgan fingerprint density at radius 3 is 2.59 bits per heavy atom. The Balaban J connectivity index is 3.14. The lowest BCUT2D eigenvalue weighted by atomic mass is 10.0. The van der Waals surface area contributed by atoms with Gasteiger partial charge in [0.25, 0.3) is 0 Å². The summed E-state index contributed by atoms with van der Waals surface area (Å²) >= 11 is 0. The molecule has 1 aromatic rings. The van der Waals surface area contributed by atoms with E-state index in [9.17, 15) is 13.2 Å². The van der Waals surface area contributed by atoms with E-state index in [4.69, 9.17) is 0 Å². The fraction of sp³-hybridized carbons (Fsp3) is 0.417. The summed E-state index contributed by atoms with van der Waals surface area (Å²) < 4.78 is 28.0. The second-order valence-corrected chi connectivity index (χ2v) is 6.00. The van der Waals surface area contributed by atoms with Crippen LogP contribution in [0.3, 0.4) is 0 Å². The summed E-state index contributed by atoms with van der Waals surface area (Å²) in [7, 11) is -1.93. The molecule has 0 N–H and O–H groups in total. The van der Waals surface area contributed by atoms with Crippen molar-refractivity contribution in [2.45, 2.75) is 24.7 Å². The van der Waals surface area contributed by atoms with Crippen LogP contribution in [0.25, 0.3) is 0 Å². The van der Waals surface area contributed by atoms with Gasteiger partial charge in [-0.05, 0) is 24.6 Å². The first-order valence-electron chi connectivity index (χ1n) is 5.33. The van der Waals surface area contributed by atoms with Crippen LogP contribution in [0.2, 0.25) is 0 Å². The molecule has 1 aromatic carbocycles. The minimum atomic E-state index is -3.24. The van der Waals surface area contributed by atoms with Crippen molar-refractivity contribution in [1.82, 2.24) is 0 Å². The molecule has 17 heavy (non-hydrogen) atoms. The first-order chi connectivity index (χ1) is 7.92. The molecular weight excluding hydrogens is 240 g/mol. The normalized spacial score (nSPS) is 13.1. The summed E-state index contributed by atoms with van der Waals surface area (Å²) in [6, 6.07) is 6.42. The molecule has 0 spiro atoms. The van der Waals surface area contributed by atoms with Gasteiger partial charge in [-0.15, -0.1) is 0 Å². The Morgan fingerprint density at radius 1 is 1.41 bits per heavy atom. The molecule has 0 fully saturated rings. The van der Waals surface area contributed by atoms with E-state index < -0.39 is 15.8 Å². The molecule has 4 nitrogen and oxygen atoms in total. The van der Waals surface area contributed by atoms with Crippen molar-refractivity contribution in [2.75, 3.05) is 12.9 Å². The van der Waals surface area contributed by atoms with Gasteiger partial charge < -0.3 is 4.74 Å². The average molecular weight is 256 g/mol. The van der Waals surface area contributed by atoms with Crippen molar-refractivity contribution in [3.63, 3.8) is 0 Å². The van der Waals surface area contributed by atoms with Crippen molar-refractivity contribution in [1.29, 1.82) is 0 Å². The zero-order valence-corrected chi connectivity index (χ0v) is 11.0. The van der Waals surface area contributed by atoms with Crippen molar-refractivity contribution in [2.24, 2.45) is 0 Å². The van der Waals surface area contributed by atoms with E-state index in [2.05, 4.69) is 4.74 Å². The van der Waals surface area contributed by atoms with Crippen LogP contribution in [0.1, 0.15) is 25.3 Å². The number of carbonyl (C=O) groups is 1. The maximum atomic E-state index is 11.7. The third-order valence-electron chi connectivity index (χ3n) is 2.65. The van der Waals surface area contributed by atoms with Crippen LogP contribution in [0.15, 0.2) is 29.2 Å². The lowest BCUT2D eigenvalue weighted by molar-refractivity contribution is -0.141. The van der Waals surface area contributed by atoms with Crippen LogP contribution in [0.4, 0.5) is 0 Å². The van der Waals surface area contributed by atoms with Crippen LogP contribution in [0, 0.1) is 0 Å². The third-order valence-corrected chi connectivity index (χ3v) is 4.38. The Kier molecular flexibility index (Phi) is 4.28. The second kappa shape index (κ2) is 5.31.